The number of hydrogen-bond acceptors (Lipinski definition) is 6. The first-order valence-electron chi connectivity index (χ1n) is 9.95. The van der Waals surface area contributed by atoms with Crippen molar-refractivity contribution in [2.24, 2.45) is 0 Å². The van der Waals surface area contributed by atoms with E-state index in [1.165, 1.54) is 0 Å². The van der Waals surface area contributed by atoms with Crippen LogP contribution in [0.25, 0.3) is 0 Å². The molecule has 0 aromatic rings. The Morgan fingerprint density at radius 1 is 0.923 bits per heavy atom. The first-order valence-corrected chi connectivity index (χ1v) is 11.5. The van der Waals surface area contributed by atoms with E-state index in [0.717, 1.165) is 0 Å². The van der Waals surface area contributed by atoms with Crippen LogP contribution in [0.4, 0.5) is 66.3 Å². The highest BCUT2D eigenvalue weighted by Gasteiger charge is 2.82. The van der Waals surface area contributed by atoms with Gasteiger partial charge in [0.2, 0.25) is 0 Å². The van der Waals surface area contributed by atoms with E-state index in [9.17, 15) is 79.2 Å². The summed E-state index contributed by atoms with van der Waals surface area (Å²) in [6, 6.07) is -11.8. The zero-order chi connectivity index (χ0) is 31.7. The number of nitrogens with one attached hydrogen (secondary N) is 1. The molecule has 23 heteroatoms. The van der Waals surface area contributed by atoms with Crippen LogP contribution in [0, 0.1) is 0 Å². The van der Waals surface area contributed by atoms with E-state index in [0.29, 0.717) is 30.4 Å². The summed E-state index contributed by atoms with van der Waals surface area (Å²) >= 11 is 0. The standard InChI is InChI=1S/C9H19FN2O4S.C5H2F9NO.C2H2F4/c1-12(2,6-3-5-11-9(10)13)7-4-8-17(14,15)16;6-1-15-2(7,8)4(11,12)16-5(13,14)3(15,9)10;3-1-2(4,5)6/h3-8H2,1-2H3,(H-,11,13,14,15,16);1H2;1H2. The van der Waals surface area contributed by atoms with E-state index >= 15 is 0 Å². The molecular weight excluding hydrogens is 612 g/mol. The number of nitrogens with zero attached hydrogens (tertiary/aromatic N) is 2. The number of alkyl halides is 13. The van der Waals surface area contributed by atoms with Gasteiger partial charge in [-0.1, -0.05) is 0 Å². The number of ether oxygens (including phenoxy) is 1. The molecule has 236 valence electrons. The van der Waals surface area contributed by atoms with Gasteiger partial charge < -0.3 is 14.4 Å². The highest BCUT2D eigenvalue weighted by Crippen LogP contribution is 2.55. The second kappa shape index (κ2) is 14.3. The fourth-order valence-electron chi connectivity index (χ4n) is 2.40. The van der Waals surface area contributed by atoms with Gasteiger partial charge in [-0.3, -0.25) is 0 Å². The predicted molar refractivity (Wildman–Crippen MR) is 101 cm³/mol. The van der Waals surface area contributed by atoms with Gasteiger partial charge >= 0.3 is 36.6 Å². The van der Waals surface area contributed by atoms with Crippen molar-refractivity contribution in [2.75, 3.05) is 53.0 Å². The molecule has 0 aliphatic carbocycles. The molecule has 0 aromatic heterocycles. The number of quaternary nitrogens is 1. The summed E-state index contributed by atoms with van der Waals surface area (Å²) in [5, 5.41) is 2.04. The normalized spacial score (nSPS) is 20.1. The summed E-state index contributed by atoms with van der Waals surface area (Å²) in [5.74, 6) is -0.365. The van der Waals surface area contributed by atoms with E-state index in [2.05, 4.69) is 0 Å². The average Bonchev–Trinajstić information content (AvgIpc) is 2.68. The largest absolute Gasteiger partial charge is 0.748 e. The molecule has 0 radical (unpaired) electrons. The van der Waals surface area contributed by atoms with Gasteiger partial charge in [0, 0.05) is 25.1 Å². The number of hydrogen-bond donors (Lipinski definition) is 1. The minimum atomic E-state index is -5.94. The van der Waals surface area contributed by atoms with Crippen molar-refractivity contribution in [3.8, 4) is 0 Å². The monoisotopic (exact) mass is 635 g/mol. The van der Waals surface area contributed by atoms with Crippen LogP contribution < -0.4 is 5.32 Å². The van der Waals surface area contributed by atoms with Crippen LogP contribution >= 0.6 is 0 Å². The maximum absolute atomic E-state index is 12.5. The highest BCUT2D eigenvalue weighted by molar-refractivity contribution is 7.85. The van der Waals surface area contributed by atoms with E-state index in [1.807, 2.05) is 24.1 Å². The first kappa shape index (κ1) is 39.4. The number of amides is 1. The van der Waals surface area contributed by atoms with Crippen molar-refractivity contribution in [3.63, 3.8) is 0 Å². The molecule has 0 atom stereocenters. The lowest BCUT2D eigenvalue weighted by Crippen LogP contribution is -2.73. The van der Waals surface area contributed by atoms with Crippen LogP contribution in [0.5, 0.6) is 0 Å². The molecule has 8 nitrogen and oxygen atoms in total. The lowest BCUT2D eigenvalue weighted by Gasteiger charge is -2.45. The molecule has 0 aromatic carbocycles. The van der Waals surface area contributed by atoms with Gasteiger partial charge in [0.25, 0.3) is 0 Å². The van der Waals surface area contributed by atoms with Gasteiger partial charge in [0.15, 0.2) is 13.5 Å². The SMILES string of the molecule is C[N+](C)(CCCNC(=O)F)CCCS(=O)(=O)[O-].FCC(F)(F)F.FCN1C(F)(F)C(F)(F)OC(F)(F)C1(F)F. The third-order valence-electron chi connectivity index (χ3n) is 4.27. The molecule has 1 fully saturated rings. The van der Waals surface area contributed by atoms with Crippen molar-refractivity contribution in [1.29, 1.82) is 0 Å². The summed E-state index contributed by atoms with van der Waals surface area (Å²) in [7, 11) is -0.382. The summed E-state index contributed by atoms with van der Waals surface area (Å²) in [5.41, 5.74) is 0. The Morgan fingerprint density at radius 3 is 1.62 bits per heavy atom. The van der Waals surface area contributed by atoms with Gasteiger partial charge in [0.1, 0.15) is 0 Å². The predicted octanol–water partition coefficient (Wildman–Crippen LogP) is 4.20. The Morgan fingerprint density at radius 2 is 1.31 bits per heavy atom. The highest BCUT2D eigenvalue weighted by atomic mass is 32.2. The van der Waals surface area contributed by atoms with Gasteiger partial charge in [-0.25, -0.2) is 26.7 Å². The Hall–Kier alpha value is -1.72. The maximum atomic E-state index is 12.5. The maximum Gasteiger partial charge on any atom is 0.439 e. The number of carbonyl (C=O) groups is 1. The second-order valence-electron chi connectivity index (χ2n) is 8.07. The average molecular weight is 635 g/mol. The Balaban J connectivity index is 0. The first-order chi connectivity index (χ1) is 17.1. The molecule has 0 spiro atoms. The molecule has 1 amide bonds. The van der Waals surface area contributed by atoms with Crippen molar-refractivity contribution in [3.05, 3.63) is 0 Å². The molecule has 1 heterocycles. The molecule has 0 unspecified atom stereocenters. The smallest absolute Gasteiger partial charge is 0.439 e. The third-order valence-corrected chi connectivity index (χ3v) is 5.06. The number of rotatable bonds is 9. The van der Waals surface area contributed by atoms with Crippen LogP contribution in [0.2, 0.25) is 0 Å². The zero-order valence-corrected chi connectivity index (χ0v) is 20.6. The fourth-order valence-corrected chi connectivity index (χ4v) is 2.88. The van der Waals surface area contributed by atoms with E-state index in [1.54, 1.807) is 0 Å². The second-order valence-corrected chi connectivity index (χ2v) is 9.59. The number of halogens is 14. The van der Waals surface area contributed by atoms with Gasteiger partial charge in [-0.2, -0.15) is 48.3 Å². The zero-order valence-electron chi connectivity index (χ0n) is 19.8. The number of carbonyl (C=O) groups excluding carboxylic acids is 1. The molecular formula is C16H23F14N3O5S. The van der Waals surface area contributed by atoms with Crippen LogP contribution in [0.15, 0.2) is 0 Å². The summed E-state index contributed by atoms with van der Waals surface area (Å²) < 4.78 is 198. The lowest BCUT2D eigenvalue weighted by molar-refractivity contribution is -0.890. The minimum Gasteiger partial charge on any atom is -0.748 e. The van der Waals surface area contributed by atoms with Gasteiger partial charge in [-0.05, 0) is 0 Å². The van der Waals surface area contributed by atoms with Gasteiger partial charge in [-0.15, -0.1) is 9.29 Å². The fraction of sp³-hybridized carbons (Fsp3) is 0.938. The minimum absolute atomic E-state index is 0.247. The van der Waals surface area contributed by atoms with Gasteiger partial charge in [0.05, 0.1) is 37.3 Å². The molecule has 1 N–H and O–H groups in total. The Labute approximate surface area is 212 Å². The quantitative estimate of drug-likeness (QED) is 0.102. The van der Waals surface area contributed by atoms with Crippen LogP contribution in [-0.4, -0.2) is 112 Å². The van der Waals surface area contributed by atoms with Crippen molar-refractivity contribution < 1.29 is 88.5 Å². The Bertz CT molecular complexity index is 845. The lowest BCUT2D eigenvalue weighted by atomic mass is 10.3. The molecule has 0 saturated carbocycles. The molecule has 1 aliphatic heterocycles. The molecule has 1 saturated heterocycles. The molecule has 39 heavy (non-hydrogen) atoms. The van der Waals surface area contributed by atoms with E-state index < -0.39 is 65.1 Å². The topological polar surface area (TPSA) is 98.8 Å². The molecule has 1 rings (SSSR count). The van der Waals surface area contributed by atoms with Crippen molar-refractivity contribution in [1.82, 2.24) is 10.2 Å². The number of morpholine rings is 1. The van der Waals surface area contributed by atoms with Crippen LogP contribution in [0.3, 0.4) is 0 Å². The van der Waals surface area contributed by atoms with Crippen molar-refractivity contribution >= 4 is 16.3 Å². The van der Waals surface area contributed by atoms with E-state index in [4.69, 9.17) is 0 Å². The van der Waals surface area contributed by atoms with Crippen molar-refractivity contribution in [2.45, 2.75) is 43.3 Å². The van der Waals surface area contributed by atoms with Crippen LogP contribution in [0.1, 0.15) is 12.8 Å². The Kier molecular flexibility index (Phi) is 14.4. The molecule has 0 bridgehead atoms. The summed E-state index contributed by atoms with van der Waals surface area (Å²) in [6.07, 6.45) is -17.2. The van der Waals surface area contributed by atoms with Crippen LogP contribution in [-0.2, 0) is 14.9 Å². The molecule has 1 aliphatic rings. The summed E-state index contributed by atoms with van der Waals surface area (Å²) in [6.45, 7) is -3.68. The third kappa shape index (κ3) is 14.0. The van der Waals surface area contributed by atoms with E-state index in [-0.39, 0.29) is 12.3 Å². The summed E-state index contributed by atoms with van der Waals surface area (Å²) in [4.78, 5) is 7.71.